The summed E-state index contributed by atoms with van der Waals surface area (Å²) in [5, 5.41) is 15.3. The van der Waals surface area contributed by atoms with Crippen LogP contribution in [0.4, 0.5) is 5.69 Å². The first-order valence-electron chi connectivity index (χ1n) is 9.87. The molecule has 5 atom stereocenters. The molecule has 0 spiro atoms. The fraction of sp³-hybridized carbons (Fsp3) is 0.435. The van der Waals surface area contributed by atoms with E-state index in [1.165, 1.54) is 36.0 Å². The third kappa shape index (κ3) is 2.22. The van der Waals surface area contributed by atoms with Crippen LogP contribution in [-0.2, 0) is 6.42 Å². The van der Waals surface area contributed by atoms with Crippen LogP contribution in [-0.4, -0.2) is 5.97 Å². The molecule has 3 heteroatoms. The molecule has 1 heterocycles. The summed E-state index contributed by atoms with van der Waals surface area (Å²) in [6.07, 6.45) is 4.91. The maximum atomic E-state index is 11.7. The Labute approximate surface area is 154 Å². The normalized spacial score (nSPS) is 31.2. The predicted octanol–water partition coefficient (Wildman–Crippen LogP) is 3.91. The molecule has 26 heavy (non-hydrogen) atoms. The number of hydrogen-bond donors (Lipinski definition) is 1. The molecule has 0 amide bonds. The lowest BCUT2D eigenvalue weighted by Gasteiger charge is -2.44. The Bertz CT molecular complexity index is 857. The van der Waals surface area contributed by atoms with Gasteiger partial charge in [-0.1, -0.05) is 49.4 Å². The van der Waals surface area contributed by atoms with Gasteiger partial charge in [0.2, 0.25) is 0 Å². The largest absolute Gasteiger partial charge is 0.545 e. The minimum atomic E-state index is -1.09. The van der Waals surface area contributed by atoms with E-state index in [-0.39, 0.29) is 6.04 Å². The van der Waals surface area contributed by atoms with Crippen molar-refractivity contribution in [1.29, 1.82) is 0 Å². The van der Waals surface area contributed by atoms with Crippen LogP contribution in [0.15, 0.2) is 42.5 Å². The Balaban J connectivity index is 1.64. The summed E-state index contributed by atoms with van der Waals surface area (Å²) in [6, 6.07) is 14.7. The van der Waals surface area contributed by atoms with E-state index in [1.807, 2.05) is 6.07 Å². The van der Waals surface area contributed by atoms with E-state index < -0.39 is 5.97 Å². The number of benzene rings is 2. The molecule has 134 valence electrons. The van der Waals surface area contributed by atoms with Crippen LogP contribution in [0.1, 0.15) is 65.2 Å². The molecule has 3 nitrogen and oxygen atoms in total. The minimum Gasteiger partial charge on any atom is -0.545 e. The van der Waals surface area contributed by atoms with Crippen molar-refractivity contribution in [2.75, 3.05) is 5.32 Å². The number of rotatable bonds is 3. The highest BCUT2D eigenvalue weighted by atomic mass is 16.4. The van der Waals surface area contributed by atoms with Crippen LogP contribution >= 0.6 is 0 Å². The molecule has 0 unspecified atom stereocenters. The molecular formula is C23H24NO2-. The van der Waals surface area contributed by atoms with E-state index in [9.17, 15) is 9.90 Å². The molecule has 1 aliphatic heterocycles. The van der Waals surface area contributed by atoms with Gasteiger partial charge >= 0.3 is 0 Å². The SMILES string of the molecule is CCc1ccc([C@H]2Nc3c(C(=O)[O-])cccc3[C@H]3[C@H]4CC[C@H](C4)[C@@H]32)cc1. The number of carbonyl (C=O) groups excluding carboxylic acids is 1. The molecule has 0 saturated heterocycles. The molecule has 2 aromatic carbocycles. The summed E-state index contributed by atoms with van der Waals surface area (Å²) in [6.45, 7) is 2.17. The van der Waals surface area contributed by atoms with Crippen LogP contribution in [0.3, 0.4) is 0 Å². The Morgan fingerprint density at radius 1 is 1.12 bits per heavy atom. The van der Waals surface area contributed by atoms with Gasteiger partial charge in [-0.3, -0.25) is 0 Å². The van der Waals surface area contributed by atoms with Gasteiger partial charge < -0.3 is 15.2 Å². The van der Waals surface area contributed by atoms with Crippen LogP contribution in [0.5, 0.6) is 0 Å². The molecule has 1 N–H and O–H groups in total. The number of carboxylic acid groups (broad SMARTS) is 1. The van der Waals surface area contributed by atoms with Crippen LogP contribution < -0.4 is 10.4 Å². The molecule has 2 aromatic rings. The fourth-order valence-corrected chi connectivity index (χ4v) is 5.97. The summed E-state index contributed by atoms with van der Waals surface area (Å²) in [5.74, 6) is 1.38. The highest BCUT2D eigenvalue weighted by molar-refractivity contribution is 5.94. The molecule has 5 rings (SSSR count). The smallest absolute Gasteiger partial charge is 0.0736 e. The van der Waals surface area contributed by atoms with E-state index in [1.54, 1.807) is 6.07 Å². The van der Waals surface area contributed by atoms with Gasteiger partial charge in [0.05, 0.1) is 12.0 Å². The van der Waals surface area contributed by atoms with Crippen molar-refractivity contribution in [2.45, 2.75) is 44.6 Å². The third-order valence-corrected chi connectivity index (χ3v) is 7.09. The average molecular weight is 346 g/mol. The van der Waals surface area contributed by atoms with Crippen molar-refractivity contribution in [3.63, 3.8) is 0 Å². The Morgan fingerprint density at radius 3 is 2.62 bits per heavy atom. The standard InChI is InChI=1S/C23H25NO2/c1-2-13-6-8-14(9-7-13)21-20-16-11-10-15(12-16)19(20)17-4-3-5-18(23(25)26)22(17)24-21/h3-9,15-16,19-21,24H,2,10-12H2,1H3,(H,25,26)/p-1/t15-,16+,19+,20-,21+/m0/s1. The van der Waals surface area contributed by atoms with Gasteiger partial charge in [-0.2, -0.15) is 0 Å². The van der Waals surface area contributed by atoms with Crippen molar-refractivity contribution < 1.29 is 9.90 Å². The van der Waals surface area contributed by atoms with E-state index in [4.69, 9.17) is 0 Å². The van der Waals surface area contributed by atoms with Gasteiger partial charge in [-0.05, 0) is 66.0 Å². The zero-order valence-electron chi connectivity index (χ0n) is 15.1. The summed E-state index contributed by atoms with van der Waals surface area (Å²) in [4.78, 5) is 11.7. The van der Waals surface area contributed by atoms with E-state index in [0.29, 0.717) is 23.3 Å². The summed E-state index contributed by atoms with van der Waals surface area (Å²) >= 11 is 0. The second-order valence-electron chi connectivity index (χ2n) is 8.21. The number of carbonyl (C=O) groups is 1. The first-order chi connectivity index (χ1) is 12.7. The maximum absolute atomic E-state index is 11.7. The lowest BCUT2D eigenvalue weighted by Crippen LogP contribution is -2.37. The Morgan fingerprint density at radius 2 is 1.88 bits per heavy atom. The fourth-order valence-electron chi connectivity index (χ4n) is 5.97. The number of carboxylic acids is 1. The number of aromatic carboxylic acids is 1. The molecule has 0 radical (unpaired) electrons. The van der Waals surface area contributed by atoms with Gasteiger partial charge in [-0.15, -0.1) is 0 Å². The third-order valence-electron chi connectivity index (χ3n) is 7.09. The highest BCUT2D eigenvalue weighted by Crippen LogP contribution is 2.63. The molecule has 3 aliphatic rings. The number of anilines is 1. The Kier molecular flexibility index (Phi) is 3.59. The number of fused-ring (bicyclic) bond motifs is 7. The van der Waals surface area contributed by atoms with E-state index in [0.717, 1.165) is 18.0 Å². The van der Waals surface area contributed by atoms with Gasteiger partial charge in [0.25, 0.3) is 0 Å². The molecule has 2 fully saturated rings. The number of aryl methyl sites for hydroxylation is 1. The lowest BCUT2D eigenvalue weighted by molar-refractivity contribution is -0.254. The summed E-state index contributed by atoms with van der Waals surface area (Å²) < 4.78 is 0. The van der Waals surface area contributed by atoms with Gasteiger partial charge in [0.15, 0.2) is 0 Å². The first kappa shape index (κ1) is 15.9. The zero-order valence-corrected chi connectivity index (χ0v) is 15.1. The summed E-state index contributed by atoms with van der Waals surface area (Å²) in [5.41, 5.74) is 4.92. The molecule has 0 aromatic heterocycles. The average Bonchev–Trinajstić information content (AvgIpc) is 3.29. The second kappa shape index (κ2) is 5.87. The topological polar surface area (TPSA) is 52.2 Å². The zero-order chi connectivity index (χ0) is 17.8. The minimum absolute atomic E-state index is 0.189. The van der Waals surface area contributed by atoms with Crippen molar-refractivity contribution in [2.24, 2.45) is 17.8 Å². The van der Waals surface area contributed by atoms with E-state index >= 15 is 0 Å². The number of para-hydroxylation sites is 1. The van der Waals surface area contributed by atoms with Gasteiger partial charge in [0, 0.05) is 11.3 Å². The van der Waals surface area contributed by atoms with Crippen LogP contribution in [0.2, 0.25) is 0 Å². The molecular weight excluding hydrogens is 322 g/mol. The van der Waals surface area contributed by atoms with Crippen molar-refractivity contribution >= 4 is 11.7 Å². The predicted molar refractivity (Wildman–Crippen MR) is 100 cm³/mol. The van der Waals surface area contributed by atoms with Gasteiger partial charge in [0.1, 0.15) is 0 Å². The lowest BCUT2D eigenvalue weighted by atomic mass is 9.67. The molecule has 2 bridgehead atoms. The van der Waals surface area contributed by atoms with Crippen LogP contribution in [0, 0.1) is 17.8 Å². The highest BCUT2D eigenvalue weighted by Gasteiger charge is 2.54. The van der Waals surface area contributed by atoms with E-state index in [2.05, 4.69) is 42.6 Å². The molecule has 2 saturated carbocycles. The summed E-state index contributed by atoms with van der Waals surface area (Å²) in [7, 11) is 0. The van der Waals surface area contributed by atoms with Crippen molar-refractivity contribution in [3.8, 4) is 0 Å². The van der Waals surface area contributed by atoms with Crippen molar-refractivity contribution in [3.05, 3.63) is 64.7 Å². The first-order valence-corrected chi connectivity index (χ1v) is 9.87. The number of nitrogens with one attached hydrogen (secondary N) is 1. The second-order valence-corrected chi connectivity index (χ2v) is 8.21. The van der Waals surface area contributed by atoms with Crippen LogP contribution in [0.25, 0.3) is 0 Å². The maximum Gasteiger partial charge on any atom is 0.0736 e. The monoisotopic (exact) mass is 346 g/mol. The molecule has 2 aliphatic carbocycles. The number of hydrogen-bond acceptors (Lipinski definition) is 3. The quantitative estimate of drug-likeness (QED) is 0.917. The van der Waals surface area contributed by atoms with Crippen molar-refractivity contribution in [1.82, 2.24) is 0 Å². The Hall–Kier alpha value is -2.29. The van der Waals surface area contributed by atoms with Gasteiger partial charge in [-0.25, -0.2) is 0 Å².